The molecule has 0 bridgehead atoms. The lowest BCUT2D eigenvalue weighted by molar-refractivity contribution is -0.191. The Kier molecular flexibility index (Phi) is 2.60. The lowest BCUT2D eigenvalue weighted by Crippen LogP contribution is -2.00. The van der Waals surface area contributed by atoms with E-state index in [2.05, 4.69) is 0 Å². The third kappa shape index (κ3) is 1.94. The summed E-state index contributed by atoms with van der Waals surface area (Å²) < 4.78 is 5.28. The molecular weight excluding hydrogens is 132 g/mol. The van der Waals surface area contributed by atoms with Crippen LogP contribution in [-0.4, -0.2) is 18.4 Å². The van der Waals surface area contributed by atoms with Crippen LogP contribution in [0.2, 0.25) is 0 Å². The summed E-state index contributed by atoms with van der Waals surface area (Å²) in [5, 5.41) is 0. The fraction of sp³-hybridized carbons (Fsp3) is 0.857. The van der Waals surface area contributed by atoms with Crippen LogP contribution in [0, 0.1) is 0 Å². The SMILES string of the molecule is C1CCC2OC2C1.O=C=O. The highest BCUT2D eigenvalue weighted by Gasteiger charge is 2.39. The van der Waals surface area contributed by atoms with Crippen LogP contribution in [0.25, 0.3) is 0 Å². The van der Waals surface area contributed by atoms with Crippen molar-refractivity contribution < 1.29 is 14.3 Å². The van der Waals surface area contributed by atoms with Crippen molar-refractivity contribution >= 4 is 6.15 Å². The summed E-state index contributed by atoms with van der Waals surface area (Å²) in [7, 11) is 0. The van der Waals surface area contributed by atoms with Gasteiger partial charge in [-0.05, 0) is 12.8 Å². The maximum Gasteiger partial charge on any atom is 0.373 e. The molecule has 3 nitrogen and oxygen atoms in total. The molecule has 0 N–H and O–H groups in total. The molecule has 10 heavy (non-hydrogen) atoms. The van der Waals surface area contributed by atoms with E-state index in [1.54, 1.807) is 0 Å². The number of carbonyl (C=O) groups excluding carboxylic acids is 2. The highest BCUT2D eigenvalue weighted by molar-refractivity contribution is 5.20. The van der Waals surface area contributed by atoms with Crippen LogP contribution in [0.1, 0.15) is 25.7 Å². The Bertz CT molecular complexity index is 128. The minimum atomic E-state index is 0.250. The van der Waals surface area contributed by atoms with Gasteiger partial charge in [0.1, 0.15) is 0 Å². The molecule has 2 unspecified atom stereocenters. The van der Waals surface area contributed by atoms with Crippen LogP contribution >= 0.6 is 0 Å². The molecule has 0 aromatic carbocycles. The zero-order valence-electron chi connectivity index (χ0n) is 5.71. The number of hydrogen-bond acceptors (Lipinski definition) is 3. The first-order valence-electron chi connectivity index (χ1n) is 3.53. The van der Waals surface area contributed by atoms with Crippen molar-refractivity contribution in [3.8, 4) is 0 Å². The second-order valence-electron chi connectivity index (χ2n) is 2.58. The van der Waals surface area contributed by atoms with Gasteiger partial charge in [-0.3, -0.25) is 0 Å². The molecule has 0 aromatic rings. The van der Waals surface area contributed by atoms with Crippen LogP contribution in [0.3, 0.4) is 0 Å². The molecule has 2 aliphatic rings. The molecule has 1 aliphatic carbocycles. The van der Waals surface area contributed by atoms with E-state index in [1.165, 1.54) is 25.7 Å². The lowest BCUT2D eigenvalue weighted by atomic mass is 10.0. The highest BCUT2D eigenvalue weighted by Crippen LogP contribution is 2.35. The Morgan fingerprint density at radius 1 is 1.10 bits per heavy atom. The van der Waals surface area contributed by atoms with Gasteiger partial charge >= 0.3 is 6.15 Å². The first-order valence-corrected chi connectivity index (χ1v) is 3.53. The average Bonchev–Trinajstić information content (AvgIpc) is 2.66. The average molecular weight is 142 g/mol. The molecule has 2 fully saturated rings. The molecule has 3 heteroatoms. The molecule has 2 atom stereocenters. The van der Waals surface area contributed by atoms with Gasteiger partial charge in [-0.15, -0.1) is 0 Å². The molecule has 56 valence electrons. The smallest absolute Gasteiger partial charge is 0.370 e. The van der Waals surface area contributed by atoms with Crippen molar-refractivity contribution in [1.82, 2.24) is 0 Å². The number of hydrogen-bond donors (Lipinski definition) is 0. The third-order valence-corrected chi connectivity index (χ3v) is 1.91. The van der Waals surface area contributed by atoms with E-state index >= 15 is 0 Å². The normalized spacial score (nSPS) is 34.4. The Hall–Kier alpha value is -0.660. The van der Waals surface area contributed by atoms with Gasteiger partial charge in [0.25, 0.3) is 0 Å². The fourth-order valence-electron chi connectivity index (χ4n) is 1.38. The molecule has 0 radical (unpaired) electrons. The zero-order valence-corrected chi connectivity index (χ0v) is 5.71. The van der Waals surface area contributed by atoms with E-state index in [1.807, 2.05) is 0 Å². The van der Waals surface area contributed by atoms with Crippen molar-refractivity contribution in [2.45, 2.75) is 37.9 Å². The van der Waals surface area contributed by atoms with Crippen molar-refractivity contribution in [3.05, 3.63) is 0 Å². The predicted molar refractivity (Wildman–Crippen MR) is 32.1 cm³/mol. The van der Waals surface area contributed by atoms with Gasteiger partial charge < -0.3 is 4.74 Å². The van der Waals surface area contributed by atoms with Crippen LogP contribution in [-0.2, 0) is 14.3 Å². The molecule has 0 amide bonds. The second-order valence-corrected chi connectivity index (χ2v) is 2.58. The van der Waals surface area contributed by atoms with E-state index < -0.39 is 0 Å². The summed E-state index contributed by atoms with van der Waals surface area (Å²) in [4.78, 5) is 16.2. The van der Waals surface area contributed by atoms with Crippen LogP contribution in [0.15, 0.2) is 0 Å². The maximum absolute atomic E-state index is 8.12. The van der Waals surface area contributed by atoms with Gasteiger partial charge in [-0.25, -0.2) is 0 Å². The van der Waals surface area contributed by atoms with Crippen LogP contribution in [0.5, 0.6) is 0 Å². The van der Waals surface area contributed by atoms with E-state index in [0.717, 1.165) is 0 Å². The minimum Gasteiger partial charge on any atom is -0.370 e. The molecule has 0 spiro atoms. The Balaban J connectivity index is 0.000000148. The summed E-state index contributed by atoms with van der Waals surface area (Å²) in [5.41, 5.74) is 0. The second kappa shape index (κ2) is 3.49. The highest BCUT2D eigenvalue weighted by atomic mass is 16.6. The minimum absolute atomic E-state index is 0.250. The van der Waals surface area contributed by atoms with Gasteiger partial charge in [0.15, 0.2) is 0 Å². The molecule has 1 saturated carbocycles. The van der Waals surface area contributed by atoms with Crippen molar-refractivity contribution in [2.75, 3.05) is 0 Å². The summed E-state index contributed by atoms with van der Waals surface area (Å²) in [6, 6.07) is 0. The molecule has 1 saturated heterocycles. The number of fused-ring (bicyclic) bond motifs is 1. The Morgan fingerprint density at radius 2 is 1.50 bits per heavy atom. The molecule has 2 rings (SSSR count). The molecular formula is C7H10O3. The van der Waals surface area contributed by atoms with Crippen molar-refractivity contribution in [1.29, 1.82) is 0 Å². The summed E-state index contributed by atoms with van der Waals surface area (Å²) in [5.74, 6) is 0. The quantitative estimate of drug-likeness (QED) is 0.469. The summed E-state index contributed by atoms with van der Waals surface area (Å²) in [6.45, 7) is 0. The fourth-order valence-corrected chi connectivity index (χ4v) is 1.38. The largest absolute Gasteiger partial charge is 0.373 e. The van der Waals surface area contributed by atoms with Crippen LogP contribution in [0.4, 0.5) is 0 Å². The van der Waals surface area contributed by atoms with Crippen molar-refractivity contribution in [3.63, 3.8) is 0 Å². The number of ether oxygens (including phenoxy) is 1. The Morgan fingerprint density at radius 3 is 1.80 bits per heavy atom. The van der Waals surface area contributed by atoms with Gasteiger partial charge in [-0.1, -0.05) is 12.8 Å². The maximum atomic E-state index is 8.12. The van der Waals surface area contributed by atoms with E-state index in [4.69, 9.17) is 14.3 Å². The van der Waals surface area contributed by atoms with Crippen LogP contribution < -0.4 is 0 Å². The Labute approximate surface area is 59.4 Å². The van der Waals surface area contributed by atoms with Gasteiger partial charge in [0.2, 0.25) is 0 Å². The predicted octanol–water partition coefficient (Wildman–Crippen LogP) is 0.744. The number of epoxide rings is 1. The molecule has 0 aromatic heterocycles. The first kappa shape index (κ1) is 7.45. The summed E-state index contributed by atoms with van der Waals surface area (Å²) in [6.07, 6.45) is 7.14. The third-order valence-electron chi connectivity index (χ3n) is 1.91. The van der Waals surface area contributed by atoms with Crippen molar-refractivity contribution in [2.24, 2.45) is 0 Å². The standard InChI is InChI=1S/C6H10O.CO2/c1-2-4-6-5(3-1)7-6;2-1-3/h5-6H,1-4H2;. The molecule has 1 heterocycles. The van der Waals surface area contributed by atoms with E-state index in [-0.39, 0.29) is 6.15 Å². The number of rotatable bonds is 0. The lowest BCUT2D eigenvalue weighted by Gasteiger charge is -2.00. The molecule has 1 aliphatic heterocycles. The first-order chi connectivity index (χ1) is 4.88. The van der Waals surface area contributed by atoms with E-state index in [0.29, 0.717) is 12.2 Å². The zero-order chi connectivity index (χ0) is 7.40. The van der Waals surface area contributed by atoms with E-state index in [9.17, 15) is 0 Å². The van der Waals surface area contributed by atoms with Gasteiger partial charge in [-0.2, -0.15) is 9.59 Å². The monoisotopic (exact) mass is 142 g/mol. The van der Waals surface area contributed by atoms with Gasteiger partial charge in [0.05, 0.1) is 12.2 Å². The topological polar surface area (TPSA) is 46.7 Å². The van der Waals surface area contributed by atoms with Gasteiger partial charge in [0, 0.05) is 0 Å². The summed E-state index contributed by atoms with van der Waals surface area (Å²) >= 11 is 0.